The van der Waals surface area contributed by atoms with Crippen molar-refractivity contribution in [3.8, 4) is 11.3 Å². The molecule has 143 valence electrons. The summed E-state index contributed by atoms with van der Waals surface area (Å²) in [6.45, 7) is 0. The van der Waals surface area contributed by atoms with Gasteiger partial charge in [-0.05, 0) is 23.9 Å². The molecule has 0 fully saturated rings. The summed E-state index contributed by atoms with van der Waals surface area (Å²) in [5.74, 6) is -2.29. The number of pyridine rings is 2. The first kappa shape index (κ1) is 22.3. The van der Waals surface area contributed by atoms with Gasteiger partial charge >= 0.3 is 5.97 Å². The number of anilines is 1. The Morgan fingerprint density at radius 1 is 1.11 bits per heavy atom. The van der Waals surface area contributed by atoms with Crippen molar-refractivity contribution in [1.82, 2.24) is 9.97 Å². The third-order valence-electron chi connectivity index (χ3n) is 3.26. The van der Waals surface area contributed by atoms with E-state index in [0.717, 1.165) is 17.8 Å². The van der Waals surface area contributed by atoms with Crippen molar-refractivity contribution < 1.29 is 38.8 Å². The van der Waals surface area contributed by atoms with E-state index in [9.17, 15) is 13.6 Å². The molecule has 0 bridgehead atoms. The second-order valence-electron chi connectivity index (χ2n) is 5.35. The molecule has 3 aromatic rings. The van der Waals surface area contributed by atoms with E-state index in [0.29, 0.717) is 5.69 Å². The normalized spacial score (nSPS) is 9.48. The number of hydrogen-bond donors (Lipinski definition) is 1. The fourth-order valence-electron chi connectivity index (χ4n) is 1.96. The predicted molar refractivity (Wildman–Crippen MR) is 93.9 cm³/mol. The molecule has 0 saturated carbocycles. The number of hydrogen-bond acceptors (Lipinski definition) is 4. The summed E-state index contributed by atoms with van der Waals surface area (Å²) in [4.78, 5) is 19.7. The number of aromatic carboxylic acids is 1. The average molecular weight is 549 g/mol. The third kappa shape index (κ3) is 6.51. The number of aromatic nitrogens is 2. The topological polar surface area (TPSA) is 66.3 Å². The Bertz CT molecular complexity index is 893. The molecule has 0 unspecified atom stereocenters. The molecule has 2 aromatic heterocycles. The molecule has 1 aromatic carbocycles. The molecular weight excluding hydrogens is 532 g/mol. The first-order valence-corrected chi connectivity index (χ1v) is 7.53. The molecule has 8 heteroatoms. The van der Waals surface area contributed by atoms with Crippen molar-refractivity contribution in [1.29, 1.82) is 0 Å². The van der Waals surface area contributed by atoms with E-state index in [-0.39, 0.29) is 31.4 Å². The summed E-state index contributed by atoms with van der Waals surface area (Å²) in [6.07, 6.45) is 3.03. The van der Waals surface area contributed by atoms with Crippen LogP contribution in [0.25, 0.3) is 11.3 Å². The van der Waals surface area contributed by atoms with Crippen molar-refractivity contribution >= 4 is 11.7 Å². The predicted octanol–water partition coefficient (Wildman–Crippen LogP) is 3.67. The number of benzene rings is 1. The molecule has 0 atom stereocenters. The number of rotatable bonds is 3. The Morgan fingerprint density at radius 2 is 1.85 bits per heavy atom. The van der Waals surface area contributed by atoms with Crippen LogP contribution in [0.1, 0.15) is 10.5 Å². The minimum atomic E-state index is -0.990. The van der Waals surface area contributed by atoms with Gasteiger partial charge in [-0.2, -0.15) is 0 Å². The van der Waals surface area contributed by atoms with E-state index in [1.54, 1.807) is 24.4 Å². The van der Waals surface area contributed by atoms with Crippen LogP contribution in [-0.2, 0) is 20.1 Å². The van der Waals surface area contributed by atoms with E-state index < -0.39 is 17.6 Å². The van der Waals surface area contributed by atoms with Gasteiger partial charge in [-0.15, -0.1) is 12.1 Å². The van der Waals surface area contributed by atoms with Gasteiger partial charge in [0.2, 0.25) is 0 Å². The van der Waals surface area contributed by atoms with Gasteiger partial charge in [0.15, 0.2) is 0 Å². The summed E-state index contributed by atoms with van der Waals surface area (Å²) in [5.41, 5.74) is 1.59. The second kappa shape index (κ2) is 10.4. The second-order valence-corrected chi connectivity index (χ2v) is 5.35. The molecule has 27 heavy (non-hydrogen) atoms. The average Bonchev–Trinajstić information content (AvgIpc) is 2.63. The van der Waals surface area contributed by atoms with Gasteiger partial charge in [-0.1, -0.05) is 23.8 Å². The largest absolute Gasteiger partial charge is 0.477 e. The van der Waals surface area contributed by atoms with Crippen molar-refractivity contribution in [3.05, 3.63) is 78.3 Å². The molecule has 0 aliphatic heterocycles. The Labute approximate surface area is 169 Å². The van der Waals surface area contributed by atoms with Gasteiger partial charge in [0, 0.05) is 63.9 Å². The van der Waals surface area contributed by atoms with Gasteiger partial charge in [0.25, 0.3) is 0 Å². The SMILES string of the molecule is CN(C)c1ccnc(-c2[c-]cc(F)cc2F)c1.O=C(O)c1ccccn1.[Ir]. The number of carboxylic acid groups (broad SMARTS) is 1. The zero-order valence-electron chi connectivity index (χ0n) is 14.5. The summed E-state index contributed by atoms with van der Waals surface area (Å²) in [6, 6.07) is 12.8. The maximum atomic E-state index is 13.5. The number of carbonyl (C=O) groups is 1. The van der Waals surface area contributed by atoms with Crippen LogP contribution in [0, 0.1) is 17.7 Å². The third-order valence-corrected chi connectivity index (χ3v) is 3.26. The summed E-state index contributed by atoms with van der Waals surface area (Å²) >= 11 is 0. The Morgan fingerprint density at radius 3 is 2.37 bits per heavy atom. The van der Waals surface area contributed by atoms with Crippen LogP contribution in [0.5, 0.6) is 0 Å². The molecule has 0 spiro atoms. The van der Waals surface area contributed by atoms with Crippen molar-refractivity contribution in [3.63, 3.8) is 0 Å². The standard InChI is InChI=1S/C13H11F2N2.C6H5NO2.Ir/c1-17(2)10-5-6-16-13(8-10)11-4-3-9(14)7-12(11)15;8-6(9)5-3-1-2-4-7-5;/h3,5-8H,1-2H3;1-4H,(H,8,9);/q-1;;. The van der Waals surface area contributed by atoms with Crippen LogP contribution >= 0.6 is 0 Å². The van der Waals surface area contributed by atoms with Crippen LogP contribution in [-0.4, -0.2) is 35.1 Å². The zero-order chi connectivity index (χ0) is 19.1. The number of carboxylic acids is 1. The summed E-state index contributed by atoms with van der Waals surface area (Å²) < 4.78 is 26.3. The van der Waals surface area contributed by atoms with Gasteiger partial charge in [-0.3, -0.25) is 8.78 Å². The molecule has 0 saturated heterocycles. The minimum Gasteiger partial charge on any atom is -0.477 e. The Kier molecular flexibility index (Phi) is 8.65. The van der Waals surface area contributed by atoms with E-state index in [4.69, 9.17) is 5.11 Å². The first-order chi connectivity index (χ1) is 12.4. The molecule has 0 aliphatic carbocycles. The number of nitrogens with zero attached hydrogens (tertiary/aromatic N) is 3. The Hall–Kier alpha value is -2.70. The minimum absolute atomic E-state index is 0. The number of halogens is 2. The molecule has 0 amide bonds. The van der Waals surface area contributed by atoms with Gasteiger partial charge in [0.1, 0.15) is 5.69 Å². The van der Waals surface area contributed by atoms with Crippen molar-refractivity contribution in [2.45, 2.75) is 0 Å². The van der Waals surface area contributed by atoms with Crippen LogP contribution in [0.2, 0.25) is 0 Å². The van der Waals surface area contributed by atoms with E-state index in [1.165, 1.54) is 12.3 Å². The summed E-state index contributed by atoms with van der Waals surface area (Å²) in [5, 5.41) is 8.32. The smallest absolute Gasteiger partial charge is 0.354 e. The van der Waals surface area contributed by atoms with Crippen LogP contribution in [0.4, 0.5) is 14.5 Å². The van der Waals surface area contributed by atoms with E-state index >= 15 is 0 Å². The summed E-state index contributed by atoms with van der Waals surface area (Å²) in [7, 11) is 3.76. The molecule has 1 radical (unpaired) electrons. The van der Waals surface area contributed by atoms with Gasteiger partial charge in [0.05, 0.1) is 0 Å². The molecule has 5 nitrogen and oxygen atoms in total. The van der Waals surface area contributed by atoms with Crippen molar-refractivity contribution in [2.75, 3.05) is 19.0 Å². The van der Waals surface area contributed by atoms with Crippen LogP contribution < -0.4 is 4.90 Å². The monoisotopic (exact) mass is 549 g/mol. The fourth-order valence-corrected chi connectivity index (χ4v) is 1.96. The first-order valence-electron chi connectivity index (χ1n) is 7.53. The van der Waals surface area contributed by atoms with E-state index in [1.807, 2.05) is 25.1 Å². The van der Waals surface area contributed by atoms with E-state index in [2.05, 4.69) is 16.0 Å². The Balaban J connectivity index is 0.000000310. The van der Waals surface area contributed by atoms with Crippen molar-refractivity contribution in [2.24, 2.45) is 0 Å². The van der Waals surface area contributed by atoms with Gasteiger partial charge in [-0.25, -0.2) is 9.78 Å². The van der Waals surface area contributed by atoms with Crippen LogP contribution in [0.3, 0.4) is 0 Å². The molecular formula is C19H16F2IrN3O2-. The molecule has 3 rings (SSSR count). The maximum Gasteiger partial charge on any atom is 0.354 e. The molecule has 0 aliphatic rings. The molecule has 1 N–H and O–H groups in total. The maximum absolute atomic E-state index is 13.5. The van der Waals surface area contributed by atoms with Gasteiger partial charge < -0.3 is 15.0 Å². The molecule has 2 heterocycles. The van der Waals surface area contributed by atoms with Crippen LogP contribution in [0.15, 0.2) is 54.9 Å². The zero-order valence-corrected chi connectivity index (χ0v) is 16.9. The quantitative estimate of drug-likeness (QED) is 0.506. The fraction of sp³-hybridized carbons (Fsp3) is 0.105.